The molecule has 0 saturated carbocycles. The normalized spacial score (nSPS) is 11.7. The molecule has 0 amide bonds. The van der Waals surface area contributed by atoms with E-state index < -0.39 is 0 Å². The van der Waals surface area contributed by atoms with Crippen molar-refractivity contribution in [1.82, 2.24) is 4.98 Å². The monoisotopic (exact) mass is 327 g/mol. The average molecular weight is 328 g/mol. The van der Waals surface area contributed by atoms with Crippen molar-refractivity contribution >= 4 is 11.8 Å². The van der Waals surface area contributed by atoms with Gasteiger partial charge in [-0.1, -0.05) is 29.8 Å². The molecule has 0 spiro atoms. The Bertz CT molecular complexity index is 777. The molecule has 3 nitrogen and oxygen atoms in total. The maximum Gasteiger partial charge on any atom is 0.245 e. The highest BCUT2D eigenvalue weighted by atomic mass is 35.5. The minimum Gasteiger partial charge on any atom is -1.00 e. The van der Waals surface area contributed by atoms with Crippen molar-refractivity contribution in [2.24, 2.45) is 0 Å². The van der Waals surface area contributed by atoms with Gasteiger partial charge in [-0.05, 0) is 13.8 Å². The van der Waals surface area contributed by atoms with Gasteiger partial charge in [0.2, 0.25) is 5.76 Å². The molecule has 1 aliphatic rings. The minimum absolute atomic E-state index is 0. The van der Waals surface area contributed by atoms with Crippen LogP contribution in [0.4, 0.5) is 0 Å². The van der Waals surface area contributed by atoms with Crippen LogP contribution in [0.25, 0.3) is 23.1 Å². The summed E-state index contributed by atoms with van der Waals surface area (Å²) < 4.78 is 11.2. The summed E-state index contributed by atoms with van der Waals surface area (Å²) in [6, 6.07) is 8.28. The Labute approximate surface area is 143 Å². The Morgan fingerprint density at radius 3 is 2.30 bits per heavy atom. The Balaban J connectivity index is 0.00000192. The van der Waals surface area contributed by atoms with E-state index >= 15 is 0 Å². The molecular weight excluding hydrogens is 310 g/mol. The molecule has 1 aromatic carbocycles. The first kappa shape index (κ1) is 17.0. The quantitative estimate of drug-likeness (QED) is 0.794. The molecule has 23 heavy (non-hydrogen) atoms. The Morgan fingerprint density at radius 2 is 1.70 bits per heavy atom. The van der Waals surface area contributed by atoms with Crippen molar-refractivity contribution in [3.8, 4) is 17.0 Å². The van der Waals surface area contributed by atoms with E-state index in [4.69, 9.17) is 14.5 Å². The van der Waals surface area contributed by atoms with Crippen LogP contribution < -0.4 is 17.1 Å². The number of aromatic nitrogens is 1. The predicted molar refractivity (Wildman–Crippen MR) is 88.4 cm³/mol. The second-order valence-corrected chi connectivity index (χ2v) is 5.26. The van der Waals surface area contributed by atoms with Crippen LogP contribution in [-0.4, -0.2) is 19.2 Å². The first-order valence-corrected chi connectivity index (χ1v) is 7.15. The van der Waals surface area contributed by atoms with Gasteiger partial charge in [0.05, 0.1) is 14.2 Å². The van der Waals surface area contributed by atoms with Crippen LogP contribution in [-0.2, 0) is 4.74 Å². The van der Waals surface area contributed by atoms with E-state index in [2.05, 4.69) is 37.3 Å². The molecule has 118 valence electrons. The van der Waals surface area contributed by atoms with E-state index in [9.17, 15) is 0 Å². The van der Waals surface area contributed by atoms with Crippen LogP contribution in [0.5, 0.6) is 5.75 Å². The molecule has 0 bridgehead atoms. The lowest BCUT2D eigenvalue weighted by Crippen LogP contribution is -3.00. The van der Waals surface area contributed by atoms with Gasteiger partial charge in [0, 0.05) is 11.6 Å². The second kappa shape index (κ2) is 6.82. The number of benzene rings is 1. The largest absolute Gasteiger partial charge is 1.00 e. The number of fused-ring (bicyclic) bond motifs is 1. The fourth-order valence-corrected chi connectivity index (χ4v) is 2.66. The number of aryl methyl sites for hydroxylation is 2. The van der Waals surface area contributed by atoms with E-state index in [1.807, 2.05) is 19.1 Å². The molecule has 1 aliphatic carbocycles. The van der Waals surface area contributed by atoms with E-state index in [1.54, 1.807) is 14.2 Å². The number of hydrogen-bond donors (Lipinski definition) is 0. The summed E-state index contributed by atoms with van der Waals surface area (Å²) in [5, 5.41) is 0. The van der Waals surface area contributed by atoms with Gasteiger partial charge in [-0.15, -0.1) is 0 Å². The number of ether oxygens (including phenoxy) is 2. The number of hydrogen-bond acceptors (Lipinski definition) is 3. The van der Waals surface area contributed by atoms with E-state index in [1.165, 1.54) is 5.56 Å². The fraction of sp³-hybridized carbons (Fsp3) is 0.211. The summed E-state index contributed by atoms with van der Waals surface area (Å²) in [6.45, 7) is 4.06. The van der Waals surface area contributed by atoms with Gasteiger partial charge in [0.25, 0.3) is 0 Å². The molecule has 1 aromatic heterocycles. The highest BCUT2D eigenvalue weighted by Gasteiger charge is 2.30. The third-order valence-corrected chi connectivity index (χ3v) is 3.82. The highest BCUT2D eigenvalue weighted by molar-refractivity contribution is 5.85. The lowest BCUT2D eigenvalue weighted by Gasteiger charge is -2.15. The molecule has 0 radical (unpaired) electrons. The maximum atomic E-state index is 5.68. The minimum atomic E-state index is 0. The highest BCUT2D eigenvalue weighted by Crippen LogP contribution is 2.40. The van der Waals surface area contributed by atoms with Crippen molar-refractivity contribution in [3.05, 3.63) is 58.8 Å². The molecular formula is C19H18ClNO2. The van der Waals surface area contributed by atoms with Crippen LogP contribution in [0, 0.1) is 19.9 Å². The van der Waals surface area contributed by atoms with E-state index in [0.29, 0.717) is 0 Å². The molecule has 1 heterocycles. The number of nitrogens with zero attached hydrogens (tertiary/aromatic N) is 1. The summed E-state index contributed by atoms with van der Waals surface area (Å²) in [6.07, 6.45) is 6.83. The van der Waals surface area contributed by atoms with Crippen molar-refractivity contribution < 1.29 is 21.9 Å². The van der Waals surface area contributed by atoms with Crippen molar-refractivity contribution in [2.45, 2.75) is 13.8 Å². The van der Waals surface area contributed by atoms with Gasteiger partial charge in [0.1, 0.15) is 29.1 Å². The third kappa shape index (κ3) is 2.94. The zero-order valence-electron chi connectivity index (χ0n) is 13.6. The molecule has 0 fully saturated rings. The standard InChI is InChI=1S/C19H18NO2.ClH/c1-12-8-10-14(11-9-12)18-19(22-4)17-15(13(2)20-18)6-5-7-16(17)21-3;/h6-11H,1-4H3;1H/q+1;/p-1. The Kier molecular flexibility index (Phi) is 5.05. The van der Waals surface area contributed by atoms with Crippen molar-refractivity contribution in [3.63, 3.8) is 0 Å². The maximum absolute atomic E-state index is 5.68. The van der Waals surface area contributed by atoms with Crippen molar-refractivity contribution in [2.75, 3.05) is 14.2 Å². The summed E-state index contributed by atoms with van der Waals surface area (Å²) in [5.74, 6) is 1.48. The molecule has 0 N–H and O–H groups in total. The van der Waals surface area contributed by atoms with Crippen LogP contribution in [0.3, 0.4) is 0 Å². The van der Waals surface area contributed by atoms with Crippen LogP contribution >= 0.6 is 0 Å². The Hall–Kier alpha value is -2.35. The van der Waals surface area contributed by atoms with Crippen LogP contribution in [0.2, 0.25) is 0 Å². The second-order valence-electron chi connectivity index (χ2n) is 5.26. The van der Waals surface area contributed by atoms with Crippen LogP contribution in [0.15, 0.2) is 30.3 Å². The molecule has 0 unspecified atom stereocenters. The molecule has 3 rings (SSSR count). The number of halogens is 1. The number of methoxy groups -OCH3 is 2. The van der Waals surface area contributed by atoms with Gasteiger partial charge >= 0.3 is 0 Å². The zero-order valence-corrected chi connectivity index (χ0v) is 14.4. The van der Waals surface area contributed by atoms with Gasteiger partial charge < -0.3 is 21.9 Å². The topological polar surface area (TPSA) is 31.4 Å². The van der Waals surface area contributed by atoms with Gasteiger partial charge in [-0.2, -0.15) is 0 Å². The summed E-state index contributed by atoms with van der Waals surface area (Å²) in [5.41, 5.74) is 5.94. The summed E-state index contributed by atoms with van der Waals surface area (Å²) in [7, 11) is 3.32. The van der Waals surface area contributed by atoms with Gasteiger partial charge in [-0.3, -0.25) is 0 Å². The molecule has 0 atom stereocenters. The fourth-order valence-electron chi connectivity index (χ4n) is 2.66. The first-order valence-electron chi connectivity index (χ1n) is 7.15. The van der Waals surface area contributed by atoms with Gasteiger partial charge in [0.15, 0.2) is 11.3 Å². The lowest BCUT2D eigenvalue weighted by atomic mass is 9.96. The predicted octanol–water partition coefficient (Wildman–Crippen LogP) is 1.20. The SMILES string of the molecule is COC1=C[C+]=Cc2c(C)nc(-c3ccc(C)cc3)c(OC)c21.[Cl-]. The molecule has 4 heteroatoms. The zero-order chi connectivity index (χ0) is 15.7. The summed E-state index contributed by atoms with van der Waals surface area (Å²) >= 11 is 0. The number of rotatable bonds is 3. The molecule has 0 aliphatic heterocycles. The smallest absolute Gasteiger partial charge is 0.245 e. The Morgan fingerprint density at radius 1 is 1.00 bits per heavy atom. The summed E-state index contributed by atoms with van der Waals surface area (Å²) in [4.78, 5) is 4.75. The number of pyridine rings is 1. The average Bonchev–Trinajstić information content (AvgIpc) is 2.55. The van der Waals surface area contributed by atoms with Crippen molar-refractivity contribution in [1.29, 1.82) is 0 Å². The third-order valence-electron chi connectivity index (χ3n) is 3.82. The number of allylic oxidation sites excluding steroid dienone is 2. The lowest BCUT2D eigenvalue weighted by molar-refractivity contribution is -0.00000523. The van der Waals surface area contributed by atoms with Crippen LogP contribution in [0.1, 0.15) is 22.4 Å². The van der Waals surface area contributed by atoms with E-state index in [0.717, 1.165) is 39.6 Å². The van der Waals surface area contributed by atoms with E-state index in [-0.39, 0.29) is 12.4 Å². The molecule has 2 aromatic rings. The first-order chi connectivity index (χ1) is 10.7. The molecule has 0 saturated heterocycles. The van der Waals surface area contributed by atoms with Gasteiger partial charge in [-0.25, -0.2) is 4.98 Å².